The van der Waals surface area contributed by atoms with Crippen molar-refractivity contribution in [2.24, 2.45) is 0 Å². The lowest BCUT2D eigenvalue weighted by Crippen LogP contribution is -2.07. The number of nitrogens with one attached hydrogen (secondary N) is 2. The number of esters is 1. The molecular weight excluding hydrogens is 492 g/mol. The van der Waals surface area contributed by atoms with Gasteiger partial charge in [-0.2, -0.15) is 0 Å². The summed E-state index contributed by atoms with van der Waals surface area (Å²) < 4.78 is 11.4. The molecule has 0 radical (unpaired) electrons. The molecule has 7 heteroatoms. The molecule has 39 heavy (non-hydrogen) atoms. The van der Waals surface area contributed by atoms with Gasteiger partial charge in [-0.1, -0.05) is 67.2 Å². The Bertz CT molecular complexity index is 1530. The highest BCUT2D eigenvalue weighted by atomic mass is 16.5. The van der Waals surface area contributed by atoms with Crippen LogP contribution in [0, 0.1) is 13.8 Å². The van der Waals surface area contributed by atoms with Crippen LogP contribution in [0.25, 0.3) is 5.76 Å². The summed E-state index contributed by atoms with van der Waals surface area (Å²) in [6.45, 7) is 11.0. The fraction of sp³-hybridized carbons (Fsp3) is 0.219. The first kappa shape index (κ1) is 27.4. The minimum atomic E-state index is -0.541. The number of Topliss-reactive ketones (excluding diaryl/α,β-unsaturated/α-hetero) is 2. The van der Waals surface area contributed by atoms with Crippen molar-refractivity contribution >= 4 is 23.3 Å². The summed E-state index contributed by atoms with van der Waals surface area (Å²) in [5, 5.41) is 0. The Hall–Kier alpha value is -4.65. The van der Waals surface area contributed by atoms with E-state index >= 15 is 0 Å². The third kappa shape index (κ3) is 6.09. The third-order valence-corrected chi connectivity index (χ3v) is 6.69. The molecular formula is C32H32N2O5. The van der Waals surface area contributed by atoms with Gasteiger partial charge in [-0.05, 0) is 49.9 Å². The second kappa shape index (κ2) is 11.8. The lowest BCUT2D eigenvalue weighted by molar-refractivity contribution is 0.0465. The number of carbonyl (C=O) groups excluding carboxylic acids is 3. The van der Waals surface area contributed by atoms with Crippen molar-refractivity contribution in [3.63, 3.8) is 0 Å². The van der Waals surface area contributed by atoms with Gasteiger partial charge in [0.1, 0.15) is 24.7 Å². The average Bonchev–Trinajstić information content (AvgIpc) is 3.43. The topological polar surface area (TPSA) is 101 Å². The maximum atomic E-state index is 12.9. The molecule has 7 nitrogen and oxygen atoms in total. The van der Waals surface area contributed by atoms with Gasteiger partial charge >= 0.3 is 5.97 Å². The van der Waals surface area contributed by atoms with Gasteiger partial charge in [0.2, 0.25) is 0 Å². The van der Waals surface area contributed by atoms with E-state index in [2.05, 4.69) is 16.5 Å². The van der Waals surface area contributed by atoms with E-state index in [1.54, 1.807) is 6.92 Å². The lowest BCUT2D eigenvalue weighted by Gasteiger charge is -2.09. The normalized spacial score (nSPS) is 10.8. The Morgan fingerprint density at radius 3 is 1.74 bits per heavy atom. The molecule has 4 rings (SSSR count). The third-order valence-electron chi connectivity index (χ3n) is 6.69. The molecule has 0 fully saturated rings. The first-order valence-electron chi connectivity index (χ1n) is 12.7. The van der Waals surface area contributed by atoms with Crippen LogP contribution in [0.15, 0.2) is 67.2 Å². The maximum absolute atomic E-state index is 12.9. The Morgan fingerprint density at radius 1 is 0.692 bits per heavy atom. The molecule has 0 amide bonds. The molecule has 2 heterocycles. The number of ether oxygens (including phenoxy) is 2. The fourth-order valence-corrected chi connectivity index (χ4v) is 4.73. The number of aromatic amines is 2. The smallest absolute Gasteiger partial charge is 0.355 e. The number of H-pyrrole nitrogens is 2. The Balaban J connectivity index is 1.60. The number of hydrogen-bond acceptors (Lipinski definition) is 5. The molecule has 0 saturated carbocycles. The Morgan fingerprint density at radius 2 is 1.21 bits per heavy atom. The number of benzene rings is 2. The van der Waals surface area contributed by atoms with Gasteiger partial charge in [0.05, 0.1) is 5.69 Å². The number of carbonyl (C=O) groups is 3. The largest absolute Gasteiger partial charge is 0.487 e. The van der Waals surface area contributed by atoms with Crippen LogP contribution in [0.2, 0.25) is 0 Å². The predicted molar refractivity (Wildman–Crippen MR) is 150 cm³/mol. The molecule has 2 aromatic heterocycles. The second-order valence-corrected chi connectivity index (χ2v) is 9.51. The van der Waals surface area contributed by atoms with Crippen molar-refractivity contribution in [1.29, 1.82) is 0 Å². The van der Waals surface area contributed by atoms with Crippen LogP contribution < -0.4 is 0 Å². The molecule has 200 valence electrons. The second-order valence-electron chi connectivity index (χ2n) is 9.51. The molecule has 0 saturated heterocycles. The van der Waals surface area contributed by atoms with E-state index in [0.29, 0.717) is 46.1 Å². The van der Waals surface area contributed by atoms with Gasteiger partial charge in [-0.15, -0.1) is 0 Å². The van der Waals surface area contributed by atoms with E-state index in [1.165, 1.54) is 13.8 Å². The Labute approximate surface area is 227 Å². The van der Waals surface area contributed by atoms with E-state index in [-0.39, 0.29) is 30.3 Å². The summed E-state index contributed by atoms with van der Waals surface area (Å²) in [5.41, 5.74) is 6.03. The molecule has 2 N–H and O–H groups in total. The van der Waals surface area contributed by atoms with Crippen LogP contribution in [0.3, 0.4) is 0 Å². The summed E-state index contributed by atoms with van der Waals surface area (Å²) >= 11 is 0. The van der Waals surface area contributed by atoms with E-state index in [4.69, 9.17) is 9.47 Å². The standard InChI is InChI=1S/C32H32N2O5/c1-19-26(33-31(29(19)22(4)36)23(5)38-17-24-12-8-6-9-13-24)16-27-28(21(3)35)20(2)30(34-27)32(37)39-18-25-14-10-7-11-15-25/h6-15,33-34H,5,16-18H2,1-4H3. The Kier molecular flexibility index (Phi) is 8.30. The molecule has 4 aromatic rings. The number of rotatable bonds is 11. The molecule has 0 aliphatic heterocycles. The van der Waals surface area contributed by atoms with E-state index < -0.39 is 5.97 Å². The highest BCUT2D eigenvalue weighted by Gasteiger charge is 2.26. The van der Waals surface area contributed by atoms with Crippen molar-refractivity contribution in [3.8, 4) is 0 Å². The SMILES string of the molecule is C=C(OCc1ccccc1)c1[nH]c(Cc2[nH]c(C(=O)OCc3ccccc3)c(C)c2C(C)=O)c(C)c1C(C)=O. The minimum Gasteiger partial charge on any atom is -0.487 e. The van der Waals surface area contributed by atoms with Crippen LogP contribution in [-0.4, -0.2) is 27.5 Å². The number of hydrogen-bond donors (Lipinski definition) is 2. The van der Waals surface area contributed by atoms with E-state index in [0.717, 1.165) is 16.7 Å². The maximum Gasteiger partial charge on any atom is 0.355 e. The first-order valence-corrected chi connectivity index (χ1v) is 12.7. The van der Waals surface area contributed by atoms with Gasteiger partial charge in [-0.3, -0.25) is 9.59 Å². The molecule has 0 spiro atoms. The van der Waals surface area contributed by atoms with Gasteiger partial charge in [-0.25, -0.2) is 4.79 Å². The quantitative estimate of drug-likeness (QED) is 0.132. The van der Waals surface area contributed by atoms with Crippen molar-refractivity contribution < 1.29 is 23.9 Å². The highest BCUT2D eigenvalue weighted by molar-refractivity contribution is 6.02. The minimum absolute atomic E-state index is 0.120. The van der Waals surface area contributed by atoms with Crippen LogP contribution >= 0.6 is 0 Å². The predicted octanol–water partition coefficient (Wildman–Crippen LogP) is 6.50. The molecule has 0 atom stereocenters. The summed E-state index contributed by atoms with van der Waals surface area (Å²) in [6, 6.07) is 19.1. The van der Waals surface area contributed by atoms with Gasteiger partial charge in [0.15, 0.2) is 11.6 Å². The summed E-state index contributed by atoms with van der Waals surface area (Å²) in [7, 11) is 0. The highest BCUT2D eigenvalue weighted by Crippen LogP contribution is 2.29. The summed E-state index contributed by atoms with van der Waals surface area (Å²) in [5.74, 6) is -0.499. The van der Waals surface area contributed by atoms with Crippen molar-refractivity contribution in [3.05, 3.63) is 123 Å². The lowest BCUT2D eigenvalue weighted by atomic mass is 10.0. The van der Waals surface area contributed by atoms with Gasteiger partial charge in [0.25, 0.3) is 0 Å². The first-order chi connectivity index (χ1) is 18.7. The summed E-state index contributed by atoms with van der Waals surface area (Å²) in [4.78, 5) is 44.6. The van der Waals surface area contributed by atoms with Crippen LogP contribution in [-0.2, 0) is 29.1 Å². The number of ketones is 2. The zero-order chi connectivity index (χ0) is 28.1. The zero-order valence-corrected chi connectivity index (χ0v) is 22.6. The van der Waals surface area contributed by atoms with Crippen molar-refractivity contribution in [2.75, 3.05) is 0 Å². The monoisotopic (exact) mass is 524 g/mol. The van der Waals surface area contributed by atoms with Crippen molar-refractivity contribution in [1.82, 2.24) is 9.97 Å². The molecule has 0 bridgehead atoms. The number of aromatic nitrogens is 2. The molecule has 2 aromatic carbocycles. The summed E-state index contributed by atoms with van der Waals surface area (Å²) in [6.07, 6.45) is 0.264. The fourth-order valence-electron chi connectivity index (χ4n) is 4.73. The molecule has 0 unspecified atom stereocenters. The van der Waals surface area contributed by atoms with E-state index in [1.807, 2.05) is 67.6 Å². The zero-order valence-electron chi connectivity index (χ0n) is 22.6. The molecule has 0 aliphatic carbocycles. The van der Waals surface area contributed by atoms with E-state index in [9.17, 15) is 14.4 Å². The van der Waals surface area contributed by atoms with Crippen molar-refractivity contribution in [2.45, 2.75) is 47.3 Å². The van der Waals surface area contributed by atoms with Gasteiger partial charge in [0, 0.05) is 28.9 Å². The molecule has 0 aliphatic rings. The van der Waals surface area contributed by atoms with Gasteiger partial charge < -0.3 is 19.4 Å². The van der Waals surface area contributed by atoms with Crippen LogP contribution in [0.4, 0.5) is 0 Å². The van der Waals surface area contributed by atoms with Crippen LogP contribution in [0.5, 0.6) is 0 Å². The van der Waals surface area contributed by atoms with Crippen LogP contribution in [0.1, 0.15) is 84.4 Å². The average molecular weight is 525 g/mol.